The molecule has 0 atom stereocenters. The van der Waals surface area contributed by atoms with Crippen LogP contribution in [0.2, 0.25) is 0 Å². The first-order valence-corrected chi connectivity index (χ1v) is 7.92. The zero-order chi connectivity index (χ0) is 14.0. The molecule has 0 amide bonds. The van der Waals surface area contributed by atoms with E-state index in [1.165, 1.54) is 37.7 Å². The van der Waals surface area contributed by atoms with Gasteiger partial charge in [-0.3, -0.25) is 0 Å². The highest BCUT2D eigenvalue weighted by Crippen LogP contribution is 2.19. The molecule has 0 bridgehead atoms. The summed E-state index contributed by atoms with van der Waals surface area (Å²) in [6.45, 7) is 5.35. The van der Waals surface area contributed by atoms with E-state index in [0.29, 0.717) is 6.10 Å². The van der Waals surface area contributed by atoms with Crippen molar-refractivity contribution in [1.82, 2.24) is 5.32 Å². The summed E-state index contributed by atoms with van der Waals surface area (Å²) in [7, 11) is 0. The van der Waals surface area contributed by atoms with Crippen molar-refractivity contribution in [2.75, 3.05) is 19.8 Å². The van der Waals surface area contributed by atoms with Crippen molar-refractivity contribution in [2.24, 2.45) is 0 Å². The fourth-order valence-corrected chi connectivity index (χ4v) is 2.63. The highest BCUT2D eigenvalue weighted by Gasteiger charge is 2.12. The van der Waals surface area contributed by atoms with Gasteiger partial charge in [0.2, 0.25) is 0 Å². The smallest absolute Gasteiger partial charge is 0.119 e. The first-order valence-electron chi connectivity index (χ1n) is 7.92. The molecule has 0 spiro atoms. The van der Waals surface area contributed by atoms with E-state index in [-0.39, 0.29) is 0 Å². The van der Waals surface area contributed by atoms with E-state index in [2.05, 4.69) is 17.4 Å². The molecular formula is C17H27NO2. The largest absolute Gasteiger partial charge is 0.494 e. The standard InChI is InChI=1S/C17H27NO2/c1-2-19-17-10-8-15(9-11-17)14-18-12-13-20-16-6-4-3-5-7-16/h8-11,16,18H,2-7,12-14H2,1H3. The fourth-order valence-electron chi connectivity index (χ4n) is 2.63. The van der Waals surface area contributed by atoms with Gasteiger partial charge in [-0.1, -0.05) is 31.4 Å². The molecule has 1 aromatic rings. The summed E-state index contributed by atoms with van der Waals surface area (Å²) >= 11 is 0. The molecule has 3 nitrogen and oxygen atoms in total. The Balaban J connectivity index is 1.56. The number of hydrogen-bond acceptors (Lipinski definition) is 3. The molecule has 0 saturated heterocycles. The lowest BCUT2D eigenvalue weighted by Gasteiger charge is -2.22. The summed E-state index contributed by atoms with van der Waals surface area (Å²) in [5.41, 5.74) is 1.28. The third-order valence-corrected chi connectivity index (χ3v) is 3.75. The lowest BCUT2D eigenvalue weighted by atomic mass is 9.98. The molecule has 1 aliphatic carbocycles. The number of hydrogen-bond donors (Lipinski definition) is 1. The van der Waals surface area contributed by atoms with Crippen LogP contribution in [0.1, 0.15) is 44.6 Å². The van der Waals surface area contributed by atoms with Crippen LogP contribution in [0, 0.1) is 0 Å². The predicted molar refractivity (Wildman–Crippen MR) is 82.1 cm³/mol. The minimum Gasteiger partial charge on any atom is -0.494 e. The third-order valence-electron chi connectivity index (χ3n) is 3.75. The Labute approximate surface area is 122 Å². The van der Waals surface area contributed by atoms with Crippen molar-refractivity contribution in [2.45, 2.75) is 51.7 Å². The molecule has 1 aromatic carbocycles. The van der Waals surface area contributed by atoms with Crippen LogP contribution in [0.25, 0.3) is 0 Å². The molecule has 0 aromatic heterocycles. The van der Waals surface area contributed by atoms with E-state index in [1.54, 1.807) is 0 Å². The van der Waals surface area contributed by atoms with Gasteiger partial charge < -0.3 is 14.8 Å². The Hall–Kier alpha value is -1.06. The van der Waals surface area contributed by atoms with Crippen molar-refractivity contribution >= 4 is 0 Å². The quantitative estimate of drug-likeness (QED) is 0.737. The molecule has 20 heavy (non-hydrogen) atoms. The first-order chi connectivity index (χ1) is 9.88. The van der Waals surface area contributed by atoms with E-state index >= 15 is 0 Å². The maximum atomic E-state index is 5.89. The van der Waals surface area contributed by atoms with Crippen LogP contribution < -0.4 is 10.1 Å². The summed E-state index contributed by atoms with van der Waals surface area (Å²) in [5, 5.41) is 3.43. The minimum atomic E-state index is 0.510. The van der Waals surface area contributed by atoms with Crippen LogP contribution in [0.5, 0.6) is 5.75 Å². The van der Waals surface area contributed by atoms with Crippen molar-refractivity contribution in [3.63, 3.8) is 0 Å². The molecule has 112 valence electrons. The summed E-state index contributed by atoms with van der Waals surface area (Å²) < 4.78 is 11.3. The van der Waals surface area contributed by atoms with E-state index in [4.69, 9.17) is 9.47 Å². The van der Waals surface area contributed by atoms with E-state index in [1.807, 2.05) is 19.1 Å². The Kier molecular flexibility index (Phi) is 6.89. The van der Waals surface area contributed by atoms with Crippen LogP contribution in [0.15, 0.2) is 24.3 Å². The molecule has 1 N–H and O–H groups in total. The van der Waals surface area contributed by atoms with Gasteiger partial charge in [-0.15, -0.1) is 0 Å². The fraction of sp³-hybridized carbons (Fsp3) is 0.647. The molecule has 1 saturated carbocycles. The van der Waals surface area contributed by atoms with Gasteiger partial charge in [-0.25, -0.2) is 0 Å². The summed E-state index contributed by atoms with van der Waals surface area (Å²) in [6, 6.07) is 8.28. The third kappa shape index (κ3) is 5.51. The van der Waals surface area contributed by atoms with Gasteiger partial charge in [-0.2, -0.15) is 0 Å². The number of rotatable bonds is 8. The summed E-state index contributed by atoms with van der Waals surface area (Å²) in [5.74, 6) is 0.942. The lowest BCUT2D eigenvalue weighted by molar-refractivity contribution is 0.0302. The van der Waals surface area contributed by atoms with Gasteiger partial charge in [0, 0.05) is 13.1 Å². The molecule has 2 rings (SSSR count). The van der Waals surface area contributed by atoms with Crippen molar-refractivity contribution in [3.05, 3.63) is 29.8 Å². The van der Waals surface area contributed by atoms with Gasteiger partial charge in [0.15, 0.2) is 0 Å². The average molecular weight is 277 g/mol. The Morgan fingerprint density at radius 3 is 2.55 bits per heavy atom. The molecule has 0 aliphatic heterocycles. The maximum absolute atomic E-state index is 5.89. The molecule has 3 heteroatoms. The first kappa shape index (κ1) is 15.3. The zero-order valence-corrected chi connectivity index (χ0v) is 12.6. The Morgan fingerprint density at radius 1 is 1.10 bits per heavy atom. The Morgan fingerprint density at radius 2 is 1.85 bits per heavy atom. The van der Waals surface area contributed by atoms with Crippen molar-refractivity contribution in [3.8, 4) is 5.75 Å². The lowest BCUT2D eigenvalue weighted by Crippen LogP contribution is -2.24. The second-order valence-electron chi connectivity index (χ2n) is 5.38. The molecule has 1 aliphatic rings. The SMILES string of the molecule is CCOc1ccc(CNCCOC2CCCCC2)cc1. The number of nitrogens with one attached hydrogen (secondary N) is 1. The van der Waals surface area contributed by atoms with Gasteiger partial charge in [0.25, 0.3) is 0 Å². The van der Waals surface area contributed by atoms with Crippen LogP contribution >= 0.6 is 0 Å². The van der Waals surface area contributed by atoms with Crippen molar-refractivity contribution < 1.29 is 9.47 Å². The summed E-state index contributed by atoms with van der Waals surface area (Å²) in [6.07, 6.45) is 7.07. The molecule has 0 heterocycles. The highest BCUT2D eigenvalue weighted by atomic mass is 16.5. The van der Waals surface area contributed by atoms with Crippen LogP contribution in [0.3, 0.4) is 0 Å². The number of benzene rings is 1. The highest BCUT2D eigenvalue weighted by molar-refractivity contribution is 5.27. The van der Waals surface area contributed by atoms with Gasteiger partial charge in [0.05, 0.1) is 19.3 Å². The number of ether oxygens (including phenoxy) is 2. The van der Waals surface area contributed by atoms with Crippen LogP contribution in [-0.4, -0.2) is 25.9 Å². The van der Waals surface area contributed by atoms with Crippen LogP contribution in [-0.2, 0) is 11.3 Å². The second kappa shape index (κ2) is 8.98. The minimum absolute atomic E-state index is 0.510. The monoisotopic (exact) mass is 277 g/mol. The van der Waals surface area contributed by atoms with E-state index in [9.17, 15) is 0 Å². The maximum Gasteiger partial charge on any atom is 0.119 e. The second-order valence-corrected chi connectivity index (χ2v) is 5.38. The van der Waals surface area contributed by atoms with Gasteiger partial charge >= 0.3 is 0 Å². The molecule has 0 radical (unpaired) electrons. The normalized spacial score (nSPS) is 16.2. The van der Waals surface area contributed by atoms with Crippen LogP contribution in [0.4, 0.5) is 0 Å². The van der Waals surface area contributed by atoms with E-state index < -0.39 is 0 Å². The van der Waals surface area contributed by atoms with Crippen molar-refractivity contribution in [1.29, 1.82) is 0 Å². The summed E-state index contributed by atoms with van der Waals surface area (Å²) in [4.78, 5) is 0. The predicted octanol–water partition coefficient (Wildman–Crippen LogP) is 3.52. The molecule has 0 unspecified atom stereocenters. The molecular weight excluding hydrogens is 250 g/mol. The molecule has 1 fully saturated rings. The zero-order valence-electron chi connectivity index (χ0n) is 12.6. The van der Waals surface area contributed by atoms with Gasteiger partial charge in [0.1, 0.15) is 5.75 Å². The topological polar surface area (TPSA) is 30.5 Å². The van der Waals surface area contributed by atoms with Gasteiger partial charge in [-0.05, 0) is 37.5 Å². The Bertz CT molecular complexity index is 358. The average Bonchev–Trinajstić information content (AvgIpc) is 2.50. The van der Waals surface area contributed by atoms with E-state index in [0.717, 1.165) is 32.1 Å².